The average Bonchev–Trinajstić information content (AvgIpc) is 2.28. The van der Waals surface area contributed by atoms with E-state index in [0.717, 1.165) is 0 Å². The summed E-state index contributed by atoms with van der Waals surface area (Å²) in [6, 6.07) is 0. The van der Waals surface area contributed by atoms with Gasteiger partial charge in [-0.2, -0.15) is 0 Å². The summed E-state index contributed by atoms with van der Waals surface area (Å²) < 4.78 is 14.2. The standard InChI is InChI=1S/C7H17N.C3H10O3Si/c1-3-5-7-8-6-4-2;1-4-7(5-2)6-3/h8H,3-7H2,1-2H3;7H,1-3H3. The van der Waals surface area contributed by atoms with Gasteiger partial charge in [0.05, 0.1) is 0 Å². The monoisotopic (exact) mass is 237 g/mol. The van der Waals surface area contributed by atoms with Crippen molar-refractivity contribution in [2.75, 3.05) is 34.4 Å². The molecule has 1 N–H and O–H groups in total. The minimum atomic E-state index is -1.67. The fraction of sp³-hybridized carbons (Fsp3) is 1.00. The molecule has 0 heterocycles. The molecule has 0 aromatic carbocycles. The molecule has 0 unspecified atom stereocenters. The van der Waals surface area contributed by atoms with Crippen LogP contribution in [0.2, 0.25) is 0 Å². The van der Waals surface area contributed by atoms with Gasteiger partial charge in [0.15, 0.2) is 0 Å². The number of nitrogens with one attached hydrogen (secondary N) is 1. The highest BCUT2D eigenvalue weighted by atomic mass is 28.3. The van der Waals surface area contributed by atoms with Gasteiger partial charge in [0.25, 0.3) is 0 Å². The third kappa shape index (κ3) is 16.7. The quantitative estimate of drug-likeness (QED) is 0.512. The second-order valence-electron chi connectivity index (χ2n) is 3.10. The Morgan fingerprint density at radius 2 is 1.40 bits per heavy atom. The van der Waals surface area contributed by atoms with Crippen molar-refractivity contribution >= 4 is 9.53 Å². The average molecular weight is 237 g/mol. The summed E-state index contributed by atoms with van der Waals surface area (Å²) in [7, 11) is 3.05. The van der Waals surface area contributed by atoms with Crippen LogP contribution in [0.5, 0.6) is 0 Å². The van der Waals surface area contributed by atoms with Gasteiger partial charge in [0.1, 0.15) is 0 Å². The zero-order valence-corrected chi connectivity index (χ0v) is 12.0. The molecule has 0 aliphatic heterocycles. The molecule has 0 amide bonds. The largest absolute Gasteiger partial charge is 0.483 e. The van der Waals surface area contributed by atoms with Crippen molar-refractivity contribution in [1.29, 1.82) is 0 Å². The normalized spacial score (nSPS) is 10.0. The molecule has 0 aliphatic rings. The smallest absolute Gasteiger partial charge is 0.379 e. The first-order valence-corrected chi connectivity index (χ1v) is 6.97. The van der Waals surface area contributed by atoms with Gasteiger partial charge in [0.2, 0.25) is 0 Å². The minimum absolute atomic E-state index is 1.18. The molecule has 0 bridgehead atoms. The van der Waals surface area contributed by atoms with E-state index in [-0.39, 0.29) is 0 Å². The zero-order chi connectivity index (χ0) is 11.9. The SMILES string of the molecule is CCCCNCCC.CO[SiH](OC)OC. The fourth-order valence-corrected chi connectivity index (χ4v) is 1.47. The molecule has 15 heavy (non-hydrogen) atoms. The van der Waals surface area contributed by atoms with Crippen LogP contribution in [-0.4, -0.2) is 43.9 Å². The highest BCUT2D eigenvalue weighted by Gasteiger charge is 2.04. The van der Waals surface area contributed by atoms with Crippen LogP contribution in [0.15, 0.2) is 0 Å². The maximum Gasteiger partial charge on any atom is 0.483 e. The summed E-state index contributed by atoms with van der Waals surface area (Å²) >= 11 is 0. The summed E-state index contributed by atoms with van der Waals surface area (Å²) in [5.74, 6) is 0. The summed E-state index contributed by atoms with van der Waals surface area (Å²) in [5.41, 5.74) is 0. The van der Waals surface area contributed by atoms with E-state index in [4.69, 9.17) is 13.3 Å². The Kier molecular flexibility index (Phi) is 19.2. The van der Waals surface area contributed by atoms with E-state index < -0.39 is 9.53 Å². The number of rotatable bonds is 8. The third-order valence-corrected chi connectivity index (χ3v) is 2.87. The van der Waals surface area contributed by atoms with Crippen molar-refractivity contribution in [3.8, 4) is 0 Å². The van der Waals surface area contributed by atoms with E-state index in [1.54, 1.807) is 21.3 Å². The molecule has 0 atom stereocenters. The second-order valence-corrected chi connectivity index (χ2v) is 5.09. The molecule has 0 rings (SSSR count). The van der Waals surface area contributed by atoms with Gasteiger partial charge < -0.3 is 18.6 Å². The predicted molar refractivity (Wildman–Crippen MR) is 66.2 cm³/mol. The van der Waals surface area contributed by atoms with Crippen molar-refractivity contribution < 1.29 is 13.3 Å². The molecule has 0 spiro atoms. The molecule has 94 valence electrons. The first-order valence-electron chi connectivity index (χ1n) is 5.55. The molecule has 0 radical (unpaired) electrons. The van der Waals surface area contributed by atoms with Gasteiger partial charge in [-0.1, -0.05) is 20.3 Å². The molecule has 0 fully saturated rings. The maximum atomic E-state index is 4.74. The Morgan fingerprint density at radius 1 is 0.867 bits per heavy atom. The zero-order valence-electron chi connectivity index (χ0n) is 10.8. The lowest BCUT2D eigenvalue weighted by Crippen LogP contribution is -2.21. The topological polar surface area (TPSA) is 39.7 Å². The van der Waals surface area contributed by atoms with Crippen LogP contribution < -0.4 is 5.32 Å². The summed E-state index contributed by atoms with van der Waals surface area (Å²) in [4.78, 5) is 0. The summed E-state index contributed by atoms with van der Waals surface area (Å²) in [6.45, 7) is 6.79. The van der Waals surface area contributed by atoms with Crippen molar-refractivity contribution in [2.24, 2.45) is 0 Å². The number of hydrogen-bond acceptors (Lipinski definition) is 4. The first kappa shape index (κ1) is 17.5. The fourth-order valence-electron chi connectivity index (χ4n) is 0.892. The Morgan fingerprint density at radius 3 is 1.67 bits per heavy atom. The third-order valence-electron chi connectivity index (χ3n) is 1.71. The van der Waals surface area contributed by atoms with Gasteiger partial charge in [0, 0.05) is 21.3 Å². The van der Waals surface area contributed by atoms with Gasteiger partial charge >= 0.3 is 9.53 Å². The van der Waals surface area contributed by atoms with Gasteiger partial charge in [-0.15, -0.1) is 0 Å². The van der Waals surface area contributed by atoms with Gasteiger partial charge in [-0.25, -0.2) is 0 Å². The molecular weight excluding hydrogens is 210 g/mol. The van der Waals surface area contributed by atoms with Crippen LogP contribution in [0.3, 0.4) is 0 Å². The summed E-state index contributed by atoms with van der Waals surface area (Å²) in [5, 5.41) is 3.34. The Hall–Kier alpha value is 0.0569. The van der Waals surface area contributed by atoms with Gasteiger partial charge in [-0.3, -0.25) is 0 Å². The van der Waals surface area contributed by atoms with Crippen molar-refractivity contribution in [2.45, 2.75) is 33.1 Å². The lowest BCUT2D eigenvalue weighted by atomic mass is 10.3. The maximum absolute atomic E-state index is 4.74. The Bertz CT molecular complexity index is 91.2. The minimum Gasteiger partial charge on any atom is -0.379 e. The molecule has 0 aromatic rings. The van der Waals surface area contributed by atoms with E-state index >= 15 is 0 Å². The van der Waals surface area contributed by atoms with Crippen LogP contribution in [0.4, 0.5) is 0 Å². The van der Waals surface area contributed by atoms with E-state index in [1.807, 2.05) is 0 Å². The van der Waals surface area contributed by atoms with Crippen LogP contribution in [0, 0.1) is 0 Å². The predicted octanol–water partition coefficient (Wildman–Crippen LogP) is 1.43. The molecule has 0 aromatic heterocycles. The Balaban J connectivity index is 0. The Labute approximate surface area is 96.3 Å². The van der Waals surface area contributed by atoms with E-state index in [9.17, 15) is 0 Å². The van der Waals surface area contributed by atoms with Crippen LogP contribution in [-0.2, 0) is 13.3 Å². The van der Waals surface area contributed by atoms with E-state index in [1.165, 1.54) is 32.4 Å². The van der Waals surface area contributed by atoms with Crippen LogP contribution in [0.25, 0.3) is 0 Å². The molecule has 0 aliphatic carbocycles. The highest BCUT2D eigenvalue weighted by molar-refractivity contribution is 6.36. The van der Waals surface area contributed by atoms with Gasteiger partial charge in [-0.05, 0) is 25.9 Å². The molecule has 4 nitrogen and oxygen atoms in total. The lowest BCUT2D eigenvalue weighted by molar-refractivity contribution is 0.163. The number of hydrogen-bond donors (Lipinski definition) is 1. The lowest BCUT2D eigenvalue weighted by Gasteiger charge is -2.05. The highest BCUT2D eigenvalue weighted by Crippen LogP contribution is 1.82. The number of unbranched alkanes of at least 4 members (excludes halogenated alkanes) is 1. The van der Waals surface area contributed by atoms with Crippen molar-refractivity contribution in [3.63, 3.8) is 0 Å². The van der Waals surface area contributed by atoms with Crippen LogP contribution >= 0.6 is 0 Å². The second kappa shape index (κ2) is 16.5. The first-order chi connectivity index (χ1) is 7.26. The molecule has 0 saturated heterocycles. The van der Waals surface area contributed by atoms with E-state index in [2.05, 4.69) is 19.2 Å². The molecule has 5 heteroatoms. The van der Waals surface area contributed by atoms with Crippen molar-refractivity contribution in [3.05, 3.63) is 0 Å². The van der Waals surface area contributed by atoms with E-state index in [0.29, 0.717) is 0 Å². The van der Waals surface area contributed by atoms with Crippen molar-refractivity contribution in [1.82, 2.24) is 5.32 Å². The van der Waals surface area contributed by atoms with Crippen LogP contribution in [0.1, 0.15) is 33.1 Å². The molecule has 0 saturated carbocycles. The molecular formula is C10H27NO3Si. The summed E-state index contributed by atoms with van der Waals surface area (Å²) in [6.07, 6.45) is 3.88.